The van der Waals surface area contributed by atoms with Crippen LogP contribution in [-0.2, 0) is 9.53 Å². The van der Waals surface area contributed by atoms with E-state index in [4.69, 9.17) is 30.7 Å². The fourth-order valence-corrected chi connectivity index (χ4v) is 6.77. The van der Waals surface area contributed by atoms with E-state index in [2.05, 4.69) is 18.2 Å². The van der Waals surface area contributed by atoms with Gasteiger partial charge >= 0.3 is 0 Å². The van der Waals surface area contributed by atoms with E-state index in [0.717, 1.165) is 16.9 Å². The van der Waals surface area contributed by atoms with Gasteiger partial charge in [-0.3, -0.25) is 14.5 Å². The highest BCUT2D eigenvalue weighted by molar-refractivity contribution is 6.00. The molecular formula is C34H44N4O6. The van der Waals surface area contributed by atoms with Gasteiger partial charge in [0.25, 0.3) is 0 Å². The minimum absolute atomic E-state index is 0.0486. The van der Waals surface area contributed by atoms with E-state index in [0.29, 0.717) is 49.4 Å². The number of carbonyl (C=O) groups is 2. The molecule has 2 aromatic carbocycles. The smallest absolute Gasteiger partial charge is 0.248 e. The number of primary amides is 1. The number of hydrogen-bond donors (Lipinski definition) is 3. The monoisotopic (exact) mass is 604 g/mol. The van der Waals surface area contributed by atoms with E-state index in [1.165, 1.54) is 0 Å². The van der Waals surface area contributed by atoms with E-state index in [1.807, 2.05) is 39.8 Å². The van der Waals surface area contributed by atoms with Crippen molar-refractivity contribution in [3.05, 3.63) is 64.7 Å². The number of nitrogens with zero attached hydrogens (tertiary/aromatic N) is 2. The highest BCUT2D eigenvalue weighted by Crippen LogP contribution is 2.44. The first-order valence-corrected chi connectivity index (χ1v) is 15.3. The van der Waals surface area contributed by atoms with Crippen LogP contribution in [0.25, 0.3) is 6.08 Å². The molecule has 3 aliphatic heterocycles. The molecule has 5 N–H and O–H groups in total. The average Bonchev–Trinajstić information content (AvgIpc) is 2.98. The van der Waals surface area contributed by atoms with E-state index in [9.17, 15) is 14.7 Å². The quantitative estimate of drug-likeness (QED) is 0.386. The van der Waals surface area contributed by atoms with E-state index >= 15 is 0 Å². The lowest BCUT2D eigenvalue weighted by atomic mass is 9.82. The molecule has 10 heteroatoms. The van der Waals surface area contributed by atoms with Gasteiger partial charge in [-0.1, -0.05) is 32.1 Å². The first-order valence-electron chi connectivity index (χ1n) is 15.3. The second-order valence-corrected chi connectivity index (χ2v) is 12.8. The van der Waals surface area contributed by atoms with Crippen LogP contribution in [0.2, 0.25) is 0 Å². The SMILES string of the molecule is CC[C@@]1(CC/C=C/c2ccc3c(c2)[C@@H](C)[C@H](O)C(C)(C)O3)CC(=O)N([C@H]2c3cc(C(N)=O)ccc3OC[C@H]2COC)C(N)=N1. The molecule has 0 spiro atoms. The Morgan fingerprint density at radius 2 is 1.95 bits per heavy atom. The minimum atomic E-state index is -0.640. The van der Waals surface area contributed by atoms with Gasteiger partial charge in [0.1, 0.15) is 17.1 Å². The van der Waals surface area contributed by atoms with E-state index in [-0.39, 0.29) is 30.1 Å². The lowest BCUT2D eigenvalue weighted by Gasteiger charge is -2.44. The largest absolute Gasteiger partial charge is 0.493 e. The van der Waals surface area contributed by atoms with E-state index in [1.54, 1.807) is 30.2 Å². The predicted molar refractivity (Wildman–Crippen MR) is 169 cm³/mol. The lowest BCUT2D eigenvalue weighted by Crippen LogP contribution is -2.55. The molecule has 236 valence electrons. The summed E-state index contributed by atoms with van der Waals surface area (Å²) in [5.41, 5.74) is 13.9. The number of aliphatic hydroxyl groups excluding tert-OH is 1. The van der Waals surface area contributed by atoms with Gasteiger partial charge in [0, 0.05) is 35.6 Å². The van der Waals surface area contributed by atoms with Gasteiger partial charge in [0.05, 0.1) is 37.3 Å². The number of amides is 2. The number of aliphatic hydroxyl groups is 1. The molecule has 3 heterocycles. The Labute approximate surface area is 259 Å². The molecule has 0 saturated carbocycles. The molecule has 44 heavy (non-hydrogen) atoms. The van der Waals surface area contributed by atoms with Crippen LogP contribution in [0, 0.1) is 5.92 Å². The standard InChI is InChI=1S/C34H44N4O6/c1-6-34(14-8-7-9-21-10-12-27-24(15-21)20(2)30(40)33(3,4)44-27)17-28(39)38(32(36)37-34)29-23(18-42-5)19-43-26-13-11-22(31(35)41)16-25(26)29/h7,9-13,15-16,20,23,29-30,40H,6,8,14,17-19H2,1-5H3,(H2,35,41)(H2,36,37)/b9-7+/t20-,23-,29-,30+,34-/m1/s1. The van der Waals surface area contributed by atoms with Crippen LogP contribution in [0.5, 0.6) is 11.5 Å². The number of nitrogens with two attached hydrogens (primary N) is 2. The molecule has 0 fully saturated rings. The second-order valence-electron chi connectivity index (χ2n) is 12.8. The van der Waals surface area contributed by atoms with Gasteiger partial charge in [-0.25, -0.2) is 4.99 Å². The summed E-state index contributed by atoms with van der Waals surface area (Å²) >= 11 is 0. The second kappa shape index (κ2) is 12.2. The molecule has 0 saturated heterocycles. The minimum Gasteiger partial charge on any atom is -0.493 e. The first kappa shape index (κ1) is 31.5. The Balaban J connectivity index is 1.35. The van der Waals surface area contributed by atoms with Crippen LogP contribution in [0.15, 0.2) is 47.5 Å². The molecule has 0 bridgehead atoms. The Morgan fingerprint density at radius 1 is 1.20 bits per heavy atom. The Bertz CT molecular complexity index is 1490. The van der Waals surface area contributed by atoms with Crippen LogP contribution in [0.3, 0.4) is 0 Å². The van der Waals surface area contributed by atoms with Crippen molar-refractivity contribution in [2.24, 2.45) is 22.4 Å². The summed E-state index contributed by atoms with van der Waals surface area (Å²) in [5, 5.41) is 10.7. The zero-order chi connectivity index (χ0) is 31.8. The molecular weight excluding hydrogens is 560 g/mol. The van der Waals surface area contributed by atoms with Gasteiger partial charge in [-0.2, -0.15) is 0 Å². The van der Waals surface area contributed by atoms with Gasteiger partial charge in [-0.15, -0.1) is 0 Å². The van der Waals surface area contributed by atoms with Crippen molar-refractivity contribution in [1.82, 2.24) is 4.90 Å². The normalized spacial score (nSPS) is 27.6. The maximum absolute atomic E-state index is 13.9. The Morgan fingerprint density at radius 3 is 2.64 bits per heavy atom. The number of carbonyl (C=O) groups excluding carboxylic acids is 2. The molecule has 0 aliphatic carbocycles. The third-order valence-electron chi connectivity index (χ3n) is 9.35. The van der Waals surface area contributed by atoms with E-state index < -0.39 is 29.2 Å². The number of allylic oxidation sites excluding steroid dienone is 1. The summed E-state index contributed by atoms with van der Waals surface area (Å²) in [6, 6.07) is 10.5. The van der Waals surface area contributed by atoms with Gasteiger partial charge in [-0.05, 0) is 69.0 Å². The number of rotatable bonds is 9. The van der Waals surface area contributed by atoms with Gasteiger partial charge in [0.15, 0.2) is 5.96 Å². The maximum atomic E-state index is 13.9. The number of hydrogen-bond acceptors (Lipinski definition) is 8. The first-order chi connectivity index (χ1) is 20.9. The van der Waals surface area contributed by atoms with Crippen LogP contribution in [0.4, 0.5) is 0 Å². The van der Waals surface area contributed by atoms with Crippen molar-refractivity contribution in [1.29, 1.82) is 0 Å². The zero-order valence-corrected chi connectivity index (χ0v) is 26.2. The number of ether oxygens (including phenoxy) is 3. The highest BCUT2D eigenvalue weighted by atomic mass is 16.5. The topological polar surface area (TPSA) is 150 Å². The van der Waals surface area contributed by atoms with Crippen LogP contribution < -0.4 is 20.9 Å². The lowest BCUT2D eigenvalue weighted by molar-refractivity contribution is -0.133. The fourth-order valence-electron chi connectivity index (χ4n) is 6.77. The molecule has 10 nitrogen and oxygen atoms in total. The Kier molecular flexibility index (Phi) is 8.77. The summed E-state index contributed by atoms with van der Waals surface area (Å²) < 4.78 is 17.5. The third kappa shape index (κ3) is 5.93. The predicted octanol–water partition coefficient (Wildman–Crippen LogP) is 4.31. The average molecular weight is 605 g/mol. The molecule has 0 unspecified atom stereocenters. The van der Waals surface area contributed by atoms with Crippen molar-refractivity contribution in [3.63, 3.8) is 0 Å². The summed E-state index contributed by atoms with van der Waals surface area (Å²) in [7, 11) is 1.60. The molecule has 0 radical (unpaired) electrons. The zero-order valence-electron chi connectivity index (χ0n) is 26.2. The molecule has 5 atom stereocenters. The van der Waals surface area contributed by atoms with Crippen molar-refractivity contribution in [2.75, 3.05) is 20.3 Å². The van der Waals surface area contributed by atoms with Crippen LogP contribution >= 0.6 is 0 Å². The number of guanidine groups is 1. The third-order valence-corrected chi connectivity index (χ3v) is 9.35. The number of aliphatic imine (C=N–C) groups is 1. The molecule has 2 aromatic rings. The number of methoxy groups -OCH3 is 1. The summed E-state index contributed by atoms with van der Waals surface area (Å²) in [6.07, 6.45) is 5.75. The summed E-state index contributed by atoms with van der Waals surface area (Å²) in [5.74, 6) is 0.569. The Hall–Kier alpha value is -3.89. The number of fused-ring (bicyclic) bond motifs is 2. The van der Waals surface area contributed by atoms with Crippen LogP contribution in [-0.4, -0.2) is 65.3 Å². The van der Waals surface area contributed by atoms with Crippen LogP contribution in [0.1, 0.15) is 92.4 Å². The molecule has 2 amide bonds. The fraction of sp³-hybridized carbons (Fsp3) is 0.500. The molecule has 0 aromatic heterocycles. The highest BCUT2D eigenvalue weighted by Gasteiger charge is 2.45. The molecule has 5 rings (SSSR count). The van der Waals surface area contributed by atoms with Gasteiger partial charge in [0.2, 0.25) is 11.8 Å². The molecule has 3 aliphatic rings. The summed E-state index contributed by atoms with van der Waals surface area (Å²) in [4.78, 5) is 32.4. The van der Waals surface area contributed by atoms with Crippen molar-refractivity contribution < 1.29 is 28.9 Å². The summed E-state index contributed by atoms with van der Waals surface area (Å²) in [6.45, 7) is 8.50. The van der Waals surface area contributed by atoms with Crippen molar-refractivity contribution in [2.45, 2.75) is 82.6 Å². The van der Waals surface area contributed by atoms with Gasteiger partial charge < -0.3 is 30.8 Å². The number of benzene rings is 2. The van der Waals surface area contributed by atoms with Crippen molar-refractivity contribution in [3.8, 4) is 11.5 Å². The maximum Gasteiger partial charge on any atom is 0.248 e. The van der Waals surface area contributed by atoms with Crippen molar-refractivity contribution >= 4 is 23.8 Å².